The molecule has 0 radical (unpaired) electrons. The average Bonchev–Trinajstić information content (AvgIpc) is 3.18. The quantitative estimate of drug-likeness (QED) is 0.0179. The minimum atomic E-state index is -4.40. The predicted molar refractivity (Wildman–Crippen MR) is 230 cm³/mol. The number of phosphoric ester groups is 1. The molecule has 0 aromatic carbocycles. The predicted octanol–water partition coefficient (Wildman–Crippen LogP) is 11.5. The average molecular weight is 810 g/mol. The number of aliphatic hydroxyl groups excluding tert-OH is 1. The van der Waals surface area contributed by atoms with Gasteiger partial charge in [0.25, 0.3) is 0 Å². The lowest BCUT2D eigenvalue weighted by Crippen LogP contribution is -2.29. The molecule has 2 unspecified atom stereocenters. The number of ether oxygens (including phenoxy) is 2. The molecule has 0 aliphatic rings. The van der Waals surface area contributed by atoms with Gasteiger partial charge in [0.15, 0.2) is 6.10 Å². The number of esters is 2. The van der Waals surface area contributed by atoms with Gasteiger partial charge in [-0.2, -0.15) is 0 Å². The lowest BCUT2D eigenvalue weighted by atomic mass is 10.0. The second kappa shape index (κ2) is 40.9. The highest BCUT2D eigenvalue weighted by atomic mass is 31.2. The van der Waals surface area contributed by atoms with Crippen molar-refractivity contribution >= 4 is 19.8 Å². The Morgan fingerprint density at radius 3 is 1.77 bits per heavy atom. The van der Waals surface area contributed by atoms with Crippen molar-refractivity contribution in [1.82, 2.24) is 0 Å². The number of carbonyl (C=O) groups excluding carboxylic acids is 2. The van der Waals surface area contributed by atoms with Gasteiger partial charge >= 0.3 is 19.8 Å². The molecule has 56 heavy (non-hydrogen) atoms. The van der Waals surface area contributed by atoms with E-state index in [9.17, 15) is 24.2 Å². The first kappa shape index (κ1) is 53.7. The van der Waals surface area contributed by atoms with Crippen LogP contribution in [0.1, 0.15) is 174 Å². The second-order valence-electron chi connectivity index (χ2n) is 14.4. The number of phosphoric acid groups is 1. The first-order valence-corrected chi connectivity index (χ1v) is 23.4. The van der Waals surface area contributed by atoms with Crippen molar-refractivity contribution in [2.75, 3.05) is 26.4 Å². The molecule has 0 bridgehead atoms. The van der Waals surface area contributed by atoms with Crippen molar-refractivity contribution < 1.29 is 42.7 Å². The van der Waals surface area contributed by atoms with Gasteiger partial charge in [-0.3, -0.25) is 18.6 Å². The van der Waals surface area contributed by atoms with Gasteiger partial charge in [0.05, 0.1) is 19.3 Å². The fourth-order valence-corrected chi connectivity index (χ4v) is 6.51. The van der Waals surface area contributed by atoms with E-state index in [4.69, 9.17) is 24.3 Å². The van der Waals surface area contributed by atoms with Crippen LogP contribution in [-0.2, 0) is 32.7 Å². The molecule has 0 spiro atoms. The van der Waals surface area contributed by atoms with Gasteiger partial charge in [0.2, 0.25) is 0 Å². The molecule has 0 amide bonds. The number of hydrogen-bond acceptors (Lipinski definition) is 9. The van der Waals surface area contributed by atoms with Crippen LogP contribution in [0.5, 0.6) is 0 Å². The normalized spacial score (nSPS) is 14.4. The molecule has 10 nitrogen and oxygen atoms in total. The molecule has 0 saturated heterocycles. The molecule has 0 aromatic heterocycles. The number of allylic oxidation sites excluding steroid dienone is 8. The molecule has 4 N–H and O–H groups in total. The van der Waals surface area contributed by atoms with Crippen molar-refractivity contribution in [3.8, 4) is 0 Å². The van der Waals surface area contributed by atoms with E-state index in [0.29, 0.717) is 25.7 Å². The standard InChI is InChI=1S/C45H80NO9P/c1-3-5-7-8-9-10-11-12-13-14-15-16-21-24-27-30-33-37-45(49)55-43(41-54-56(50,51)53-39-38-46)40-52-44(48)36-32-29-26-23-20-18-17-19-22-25-28-31-35-42(47)34-6-4-2/h6,17-18,22-23,25-26,28,31,34,42-43,47H,3-5,7-16,19-21,24,27,29-30,32-33,35-41,46H2,1-2H3,(H,50,51)/b18-17-,25-22-,26-23-,31-28+,34-6-/t42?,43-/m1/s1. The topological polar surface area (TPSA) is 155 Å². The van der Waals surface area contributed by atoms with Gasteiger partial charge in [0, 0.05) is 19.4 Å². The third-order valence-corrected chi connectivity index (χ3v) is 9.98. The lowest BCUT2D eigenvalue weighted by molar-refractivity contribution is -0.161. The zero-order valence-corrected chi connectivity index (χ0v) is 36.1. The van der Waals surface area contributed by atoms with Gasteiger partial charge in [-0.15, -0.1) is 0 Å². The van der Waals surface area contributed by atoms with Crippen LogP contribution >= 0.6 is 7.82 Å². The summed E-state index contributed by atoms with van der Waals surface area (Å²) in [5, 5.41) is 9.76. The number of unbranched alkanes of at least 4 members (excludes halogenated alkanes) is 17. The zero-order valence-electron chi connectivity index (χ0n) is 35.2. The Morgan fingerprint density at radius 2 is 1.18 bits per heavy atom. The van der Waals surface area contributed by atoms with E-state index >= 15 is 0 Å². The zero-order chi connectivity index (χ0) is 41.2. The summed E-state index contributed by atoms with van der Waals surface area (Å²) in [6.07, 6.45) is 44.6. The van der Waals surface area contributed by atoms with Crippen molar-refractivity contribution in [3.63, 3.8) is 0 Å². The summed E-state index contributed by atoms with van der Waals surface area (Å²) < 4.78 is 32.7. The number of rotatable bonds is 40. The third-order valence-electron chi connectivity index (χ3n) is 8.99. The molecule has 324 valence electrons. The summed E-state index contributed by atoms with van der Waals surface area (Å²) in [7, 11) is -4.40. The van der Waals surface area contributed by atoms with Crippen LogP contribution in [-0.4, -0.2) is 60.5 Å². The van der Waals surface area contributed by atoms with Crippen LogP contribution in [0.4, 0.5) is 0 Å². The number of aliphatic hydroxyl groups is 1. The van der Waals surface area contributed by atoms with E-state index in [2.05, 4.69) is 25.2 Å². The van der Waals surface area contributed by atoms with Crippen LogP contribution < -0.4 is 5.73 Å². The highest BCUT2D eigenvalue weighted by Gasteiger charge is 2.26. The van der Waals surface area contributed by atoms with Gasteiger partial charge < -0.3 is 25.2 Å². The molecule has 0 aromatic rings. The maximum atomic E-state index is 12.6. The van der Waals surface area contributed by atoms with E-state index in [0.717, 1.165) is 38.5 Å². The molecule has 0 fully saturated rings. The summed E-state index contributed by atoms with van der Waals surface area (Å²) in [5.74, 6) is -0.920. The fourth-order valence-electron chi connectivity index (χ4n) is 5.75. The molecular formula is C45H80NO9P. The van der Waals surface area contributed by atoms with Gasteiger partial charge in [-0.05, 0) is 44.9 Å². The van der Waals surface area contributed by atoms with Crippen molar-refractivity contribution in [2.24, 2.45) is 5.73 Å². The Labute approximate surface area is 341 Å². The molecular weight excluding hydrogens is 729 g/mol. The van der Waals surface area contributed by atoms with E-state index in [1.807, 2.05) is 49.5 Å². The summed E-state index contributed by atoms with van der Waals surface area (Å²) in [6, 6.07) is 0. The summed E-state index contributed by atoms with van der Waals surface area (Å²) in [4.78, 5) is 34.9. The minimum absolute atomic E-state index is 0.0380. The molecule has 0 aliphatic carbocycles. The molecule has 0 saturated carbocycles. The molecule has 3 atom stereocenters. The van der Waals surface area contributed by atoms with Crippen LogP contribution in [0.2, 0.25) is 0 Å². The minimum Gasteiger partial charge on any atom is -0.462 e. The van der Waals surface area contributed by atoms with Gasteiger partial charge in [0.1, 0.15) is 6.61 Å². The second-order valence-corrected chi connectivity index (χ2v) is 15.8. The summed E-state index contributed by atoms with van der Waals surface area (Å²) in [5.41, 5.74) is 5.34. The highest BCUT2D eigenvalue weighted by Crippen LogP contribution is 2.43. The first-order chi connectivity index (χ1) is 27.2. The van der Waals surface area contributed by atoms with Crippen molar-refractivity contribution in [1.29, 1.82) is 0 Å². The molecule has 0 aliphatic heterocycles. The van der Waals surface area contributed by atoms with Crippen LogP contribution in [0.3, 0.4) is 0 Å². The van der Waals surface area contributed by atoms with Crippen LogP contribution in [0, 0.1) is 0 Å². The largest absolute Gasteiger partial charge is 0.472 e. The van der Waals surface area contributed by atoms with Gasteiger partial charge in [-0.25, -0.2) is 4.57 Å². The summed E-state index contributed by atoms with van der Waals surface area (Å²) >= 11 is 0. The Balaban J connectivity index is 4.26. The monoisotopic (exact) mass is 810 g/mol. The SMILES string of the molecule is CC/C=C\C(O)C/C=C/C=C\C/C=C\C/C=C\CCCC(=O)OC[C@H](COP(=O)(O)OCCN)OC(=O)CCCCCCCCCCCCCCCCCCC. The van der Waals surface area contributed by atoms with E-state index < -0.39 is 38.6 Å². The van der Waals surface area contributed by atoms with Crippen molar-refractivity contribution in [3.05, 3.63) is 60.8 Å². The maximum Gasteiger partial charge on any atom is 0.472 e. The lowest BCUT2D eigenvalue weighted by Gasteiger charge is -2.19. The Morgan fingerprint density at radius 1 is 0.643 bits per heavy atom. The number of hydrogen-bond donors (Lipinski definition) is 3. The molecule has 11 heteroatoms. The molecule has 0 rings (SSSR count). The van der Waals surface area contributed by atoms with Gasteiger partial charge in [-0.1, -0.05) is 177 Å². The van der Waals surface area contributed by atoms with E-state index in [1.54, 1.807) is 0 Å². The first-order valence-electron chi connectivity index (χ1n) is 21.9. The Kier molecular flexibility index (Phi) is 39.2. The highest BCUT2D eigenvalue weighted by molar-refractivity contribution is 7.47. The third kappa shape index (κ3) is 39.9. The van der Waals surface area contributed by atoms with Crippen LogP contribution in [0.15, 0.2) is 60.8 Å². The summed E-state index contributed by atoms with van der Waals surface area (Å²) in [6.45, 7) is 3.42. The fraction of sp³-hybridized carbons (Fsp3) is 0.733. The van der Waals surface area contributed by atoms with E-state index in [-0.39, 0.29) is 32.6 Å². The van der Waals surface area contributed by atoms with Crippen molar-refractivity contribution in [2.45, 2.75) is 187 Å². The number of nitrogens with two attached hydrogens (primary N) is 1. The molecule has 0 heterocycles. The maximum absolute atomic E-state index is 12.6. The Bertz CT molecular complexity index is 1120. The Hall–Kier alpha value is -2.33. The number of carbonyl (C=O) groups is 2. The van der Waals surface area contributed by atoms with Crippen LogP contribution in [0.25, 0.3) is 0 Å². The smallest absolute Gasteiger partial charge is 0.462 e. The van der Waals surface area contributed by atoms with E-state index in [1.165, 1.54) is 83.5 Å².